The van der Waals surface area contributed by atoms with Crippen LogP contribution >= 0.6 is 0 Å². The minimum atomic E-state index is -1.73. The average Bonchev–Trinajstić information content (AvgIpc) is 3.81. The molecule has 7 fully saturated rings. The number of fused-ring (bicyclic) bond motifs is 12. The van der Waals surface area contributed by atoms with Crippen molar-refractivity contribution in [3.8, 4) is 0 Å². The van der Waals surface area contributed by atoms with E-state index in [4.69, 9.17) is 4.74 Å². The molecule has 0 aromatic carbocycles. The molecular formula is C57H92O10. The van der Waals surface area contributed by atoms with E-state index in [1.54, 1.807) is 26.3 Å². The molecule has 1 saturated heterocycles. The predicted octanol–water partition coefficient (Wildman–Crippen LogP) is 7.71. The molecule has 9 rings (SSSR count). The van der Waals surface area contributed by atoms with Gasteiger partial charge in [-0.15, -0.1) is 0 Å². The molecule has 22 unspecified atom stereocenters. The van der Waals surface area contributed by atoms with Crippen LogP contribution in [0.2, 0.25) is 0 Å². The molecule has 67 heavy (non-hydrogen) atoms. The summed E-state index contributed by atoms with van der Waals surface area (Å²) >= 11 is 0. The number of allylic oxidation sites excluding steroid dienone is 6. The third kappa shape index (κ3) is 8.11. The largest absolute Gasteiger partial charge is 0.393 e. The molecule has 0 bridgehead atoms. The van der Waals surface area contributed by atoms with Crippen LogP contribution in [0.5, 0.6) is 0 Å². The lowest BCUT2D eigenvalue weighted by molar-refractivity contribution is -0.201. The number of rotatable bonds is 7. The van der Waals surface area contributed by atoms with Crippen molar-refractivity contribution in [2.75, 3.05) is 0 Å². The molecule has 0 spiro atoms. The van der Waals surface area contributed by atoms with Crippen molar-refractivity contribution in [2.45, 2.75) is 233 Å². The minimum absolute atomic E-state index is 0.00664. The molecule has 0 aromatic heterocycles. The number of ether oxygens (including phenoxy) is 1. The van der Waals surface area contributed by atoms with E-state index in [-0.39, 0.29) is 57.7 Å². The highest BCUT2D eigenvalue weighted by Gasteiger charge is 2.70. The van der Waals surface area contributed by atoms with E-state index in [9.17, 15) is 46.0 Å². The van der Waals surface area contributed by atoms with E-state index < -0.39 is 64.6 Å². The lowest BCUT2D eigenvalue weighted by Gasteiger charge is -2.56. The molecule has 22 atom stereocenters. The molecule has 10 nitrogen and oxygen atoms in total. The van der Waals surface area contributed by atoms with Crippen molar-refractivity contribution >= 4 is 0 Å². The lowest BCUT2D eigenvalue weighted by atomic mass is 9.49. The minimum Gasteiger partial charge on any atom is -0.393 e. The van der Waals surface area contributed by atoms with Crippen LogP contribution in [0.15, 0.2) is 46.6 Å². The van der Waals surface area contributed by atoms with Crippen LogP contribution in [0.1, 0.15) is 167 Å². The van der Waals surface area contributed by atoms with Crippen molar-refractivity contribution in [3.63, 3.8) is 0 Å². The number of hydrogen-bond acceptors (Lipinski definition) is 10. The van der Waals surface area contributed by atoms with Gasteiger partial charge in [0, 0.05) is 17.8 Å². The second kappa shape index (κ2) is 17.1. The van der Waals surface area contributed by atoms with Crippen LogP contribution in [0.4, 0.5) is 0 Å². The Morgan fingerprint density at radius 1 is 0.627 bits per heavy atom. The van der Waals surface area contributed by atoms with Gasteiger partial charge < -0.3 is 50.7 Å². The van der Waals surface area contributed by atoms with Crippen LogP contribution < -0.4 is 0 Å². The van der Waals surface area contributed by atoms with Gasteiger partial charge >= 0.3 is 0 Å². The van der Waals surface area contributed by atoms with E-state index in [1.807, 2.05) is 6.92 Å². The van der Waals surface area contributed by atoms with E-state index in [0.29, 0.717) is 24.2 Å². The Hall–Kier alpha value is -1.44. The van der Waals surface area contributed by atoms with Gasteiger partial charge in [0.05, 0.1) is 53.4 Å². The van der Waals surface area contributed by atoms with Gasteiger partial charge in [-0.1, -0.05) is 109 Å². The Balaban J connectivity index is 0.000000182. The van der Waals surface area contributed by atoms with Crippen LogP contribution in [-0.4, -0.2) is 112 Å². The maximum absolute atomic E-state index is 11.9. The van der Waals surface area contributed by atoms with Gasteiger partial charge in [0.2, 0.25) is 0 Å². The van der Waals surface area contributed by atoms with Gasteiger partial charge in [0.1, 0.15) is 12.2 Å². The number of hydrogen-bond donors (Lipinski definition) is 9. The van der Waals surface area contributed by atoms with Crippen LogP contribution in [0, 0.1) is 74.4 Å². The quantitative estimate of drug-likeness (QED) is 0.122. The van der Waals surface area contributed by atoms with Crippen molar-refractivity contribution < 1.29 is 50.7 Å². The molecule has 0 amide bonds. The predicted molar refractivity (Wildman–Crippen MR) is 261 cm³/mol. The summed E-state index contributed by atoms with van der Waals surface area (Å²) in [4.78, 5) is 0. The molecule has 6 saturated carbocycles. The first kappa shape index (κ1) is 51.9. The molecule has 9 aliphatic rings. The molecular weight excluding hydrogens is 845 g/mol. The van der Waals surface area contributed by atoms with E-state index >= 15 is 0 Å². The summed E-state index contributed by atoms with van der Waals surface area (Å²) in [6.45, 7) is 26.0. The van der Waals surface area contributed by atoms with Crippen LogP contribution in [-0.2, 0) is 4.74 Å². The van der Waals surface area contributed by atoms with Crippen molar-refractivity contribution in [2.24, 2.45) is 74.4 Å². The number of aliphatic hydroxyl groups excluding tert-OH is 6. The summed E-state index contributed by atoms with van der Waals surface area (Å²) in [5.41, 5.74) is 1.31. The normalized spacial score (nSPS) is 47.7. The maximum atomic E-state index is 11.9. The Labute approximate surface area is 403 Å². The topological polar surface area (TPSA) is 191 Å². The van der Waals surface area contributed by atoms with Gasteiger partial charge in [-0.25, -0.2) is 0 Å². The first-order valence-electron chi connectivity index (χ1n) is 26.5. The molecule has 10 heteroatoms. The summed E-state index contributed by atoms with van der Waals surface area (Å²) in [6.07, 6.45) is 14.4. The van der Waals surface area contributed by atoms with Crippen molar-refractivity contribution in [1.82, 2.24) is 0 Å². The molecule has 0 radical (unpaired) electrons. The summed E-state index contributed by atoms with van der Waals surface area (Å²) in [5.74, 6) is 0.171. The fraction of sp³-hybridized carbons (Fsp3) is 0.860. The maximum Gasteiger partial charge on any atom is 0.113 e. The molecule has 8 aliphatic carbocycles. The standard InChI is InChI=1S/C29H46O4.C28H46O6/c1-16(26(2,3)4)23(31)25-29(7,32)24-22(33-25)15-21-19-9-8-17-14-18(30)10-12-27(17,5)20(19)11-13-28(21,24)6;1-15(25(2,3)33)22(31)24(32)28(6,34)23-21(30)14-20-18-8-7-16-13-17(29)9-11-26(16,4)19(18)10-12-27(20,23)5/h8-9,16,18,20-25,30-32H,10-15H2,1-7H3;7-8,15,17,19-24,29-34H,9-14H2,1-6H3. The third-order valence-corrected chi connectivity index (χ3v) is 22.0. The molecule has 1 heterocycles. The second-order valence-electron chi connectivity index (χ2n) is 27.2. The zero-order chi connectivity index (χ0) is 49.6. The second-order valence-corrected chi connectivity index (χ2v) is 27.2. The monoisotopic (exact) mass is 937 g/mol. The Morgan fingerprint density at radius 2 is 1.10 bits per heavy atom. The van der Waals surface area contributed by atoms with Gasteiger partial charge in [-0.05, 0) is 161 Å². The van der Waals surface area contributed by atoms with Gasteiger partial charge in [-0.2, -0.15) is 0 Å². The van der Waals surface area contributed by atoms with E-state index in [0.717, 1.165) is 70.6 Å². The summed E-state index contributed by atoms with van der Waals surface area (Å²) in [6, 6.07) is 0. The highest BCUT2D eigenvalue weighted by atomic mass is 16.5. The summed E-state index contributed by atoms with van der Waals surface area (Å²) in [7, 11) is 0. The van der Waals surface area contributed by atoms with Crippen LogP contribution in [0.25, 0.3) is 0 Å². The van der Waals surface area contributed by atoms with E-state index in [2.05, 4.69) is 79.7 Å². The highest BCUT2D eigenvalue weighted by Crippen LogP contribution is 2.70. The lowest BCUT2D eigenvalue weighted by Crippen LogP contribution is -2.61. The van der Waals surface area contributed by atoms with Gasteiger partial charge in [0.25, 0.3) is 0 Å². The Bertz CT molecular complexity index is 2000. The molecule has 380 valence electrons. The summed E-state index contributed by atoms with van der Waals surface area (Å²) < 4.78 is 6.59. The highest BCUT2D eigenvalue weighted by molar-refractivity contribution is 5.41. The smallest absolute Gasteiger partial charge is 0.113 e. The first-order chi connectivity index (χ1) is 30.8. The third-order valence-electron chi connectivity index (χ3n) is 22.0. The molecule has 0 aromatic rings. The van der Waals surface area contributed by atoms with Crippen LogP contribution in [0.3, 0.4) is 0 Å². The molecule has 1 aliphatic heterocycles. The van der Waals surface area contributed by atoms with Gasteiger partial charge in [-0.3, -0.25) is 0 Å². The van der Waals surface area contributed by atoms with Crippen molar-refractivity contribution in [3.05, 3.63) is 46.6 Å². The fourth-order valence-electron chi connectivity index (χ4n) is 17.1. The fourth-order valence-corrected chi connectivity index (χ4v) is 17.1. The summed E-state index contributed by atoms with van der Waals surface area (Å²) in [5, 5.41) is 99.0. The SMILES string of the molecule is CC(C(O)C(O)C(C)(O)C1C(O)CC2C3=CC=C4CC(O)CCC4(C)C3CCC21C)C(C)(C)O.CC(C(O)C1OC2CC3C4=CC=C5CC(O)CCC5(C)C4CCC3(C)C2C1(C)O)C(C)(C)C. The van der Waals surface area contributed by atoms with Crippen molar-refractivity contribution in [1.29, 1.82) is 0 Å². The number of aliphatic hydroxyl groups is 9. The zero-order valence-corrected chi connectivity index (χ0v) is 43.5. The Morgan fingerprint density at radius 3 is 1.58 bits per heavy atom. The first-order valence-corrected chi connectivity index (χ1v) is 26.5. The zero-order valence-electron chi connectivity index (χ0n) is 43.5. The van der Waals surface area contributed by atoms with Gasteiger partial charge in [0.15, 0.2) is 0 Å². The van der Waals surface area contributed by atoms with E-state index in [1.165, 1.54) is 23.6 Å². The Kier molecular flexibility index (Phi) is 13.2. The molecule has 9 N–H and O–H groups in total. The average molecular weight is 937 g/mol.